The van der Waals surface area contributed by atoms with Crippen LogP contribution >= 0.6 is 0 Å². The number of carboxylic acid groups (broad SMARTS) is 1. The predicted octanol–water partition coefficient (Wildman–Crippen LogP) is 1.37. The Hall–Kier alpha value is -2.44. The maximum atomic E-state index is 11.8. The van der Waals surface area contributed by atoms with Crippen molar-refractivity contribution in [3.05, 3.63) is 36.3 Å². The van der Waals surface area contributed by atoms with E-state index in [0.29, 0.717) is 25.9 Å². The molecule has 1 aliphatic heterocycles. The number of carboxylic acids is 1. The summed E-state index contributed by atoms with van der Waals surface area (Å²) in [5.41, 5.74) is 0.819. The second kappa shape index (κ2) is 5.40. The van der Waals surface area contributed by atoms with Crippen molar-refractivity contribution in [1.29, 1.82) is 0 Å². The van der Waals surface area contributed by atoms with E-state index < -0.39 is 11.5 Å². The molecule has 0 unspecified atom stereocenters. The number of imidazole rings is 1. The first kappa shape index (κ1) is 14.5. The second-order valence-electron chi connectivity index (χ2n) is 5.71. The fourth-order valence-corrected chi connectivity index (χ4v) is 3.01. The Labute approximate surface area is 128 Å². The number of piperidine rings is 1. The van der Waals surface area contributed by atoms with Crippen molar-refractivity contribution in [2.45, 2.75) is 32.2 Å². The van der Waals surface area contributed by atoms with Crippen molar-refractivity contribution in [2.24, 2.45) is 0 Å². The Kier molecular flexibility index (Phi) is 3.56. The molecule has 1 fully saturated rings. The van der Waals surface area contributed by atoms with E-state index in [0.717, 1.165) is 17.2 Å². The van der Waals surface area contributed by atoms with Gasteiger partial charge < -0.3 is 14.6 Å². The first-order valence-corrected chi connectivity index (χ1v) is 7.30. The number of carbonyl (C=O) groups is 1. The maximum absolute atomic E-state index is 11.8. The molecule has 7 nitrogen and oxygen atoms in total. The van der Waals surface area contributed by atoms with E-state index >= 15 is 0 Å². The van der Waals surface area contributed by atoms with Gasteiger partial charge in [0.05, 0.1) is 17.7 Å². The van der Waals surface area contributed by atoms with Crippen molar-refractivity contribution in [2.75, 3.05) is 18.0 Å². The minimum atomic E-state index is -0.918. The summed E-state index contributed by atoms with van der Waals surface area (Å²) in [6.45, 7) is 5.09. The molecule has 1 saturated heterocycles. The molecule has 0 saturated carbocycles. The van der Waals surface area contributed by atoms with Gasteiger partial charge in [0, 0.05) is 31.7 Å². The van der Waals surface area contributed by atoms with E-state index in [2.05, 4.69) is 19.9 Å². The third-order valence-electron chi connectivity index (χ3n) is 4.34. The highest BCUT2D eigenvalue weighted by Crippen LogP contribution is 2.32. The van der Waals surface area contributed by atoms with Crippen LogP contribution < -0.4 is 4.90 Å². The number of anilines is 1. The van der Waals surface area contributed by atoms with E-state index in [-0.39, 0.29) is 0 Å². The third-order valence-corrected chi connectivity index (χ3v) is 4.34. The number of aromatic nitrogens is 4. The first-order chi connectivity index (χ1) is 10.5. The Bertz CT molecular complexity index is 675. The van der Waals surface area contributed by atoms with Gasteiger partial charge in [-0.15, -0.1) is 0 Å². The van der Waals surface area contributed by atoms with Gasteiger partial charge in [-0.25, -0.2) is 14.8 Å². The van der Waals surface area contributed by atoms with E-state index in [1.165, 1.54) is 0 Å². The smallest absolute Gasteiger partial charge is 0.330 e. The van der Waals surface area contributed by atoms with Gasteiger partial charge in [0.1, 0.15) is 11.4 Å². The van der Waals surface area contributed by atoms with Gasteiger partial charge in [0.15, 0.2) is 0 Å². The molecule has 0 aromatic carbocycles. The summed E-state index contributed by atoms with van der Waals surface area (Å²) in [6.07, 6.45) is 7.69. The van der Waals surface area contributed by atoms with Crippen molar-refractivity contribution in [1.82, 2.24) is 19.5 Å². The van der Waals surface area contributed by atoms with Crippen LogP contribution in [-0.4, -0.2) is 43.7 Å². The zero-order chi connectivity index (χ0) is 15.7. The summed E-state index contributed by atoms with van der Waals surface area (Å²) >= 11 is 0. The van der Waals surface area contributed by atoms with Crippen molar-refractivity contribution in [3.63, 3.8) is 0 Å². The molecule has 0 atom stereocenters. The zero-order valence-corrected chi connectivity index (χ0v) is 12.7. The normalized spacial score (nSPS) is 17.5. The lowest BCUT2D eigenvalue weighted by Crippen LogP contribution is -2.51. The molecule has 2 aromatic heterocycles. The van der Waals surface area contributed by atoms with Crippen LogP contribution in [0.1, 0.15) is 24.2 Å². The average molecular weight is 301 g/mol. The Balaban J connectivity index is 1.85. The van der Waals surface area contributed by atoms with Crippen molar-refractivity contribution in [3.8, 4) is 0 Å². The molecule has 1 aliphatic rings. The molecule has 0 aliphatic carbocycles. The van der Waals surface area contributed by atoms with Gasteiger partial charge in [0.2, 0.25) is 0 Å². The molecule has 116 valence electrons. The fourth-order valence-electron chi connectivity index (χ4n) is 3.01. The van der Waals surface area contributed by atoms with Gasteiger partial charge in [-0.3, -0.25) is 4.98 Å². The van der Waals surface area contributed by atoms with Crippen LogP contribution in [0.15, 0.2) is 24.9 Å². The maximum Gasteiger partial charge on any atom is 0.330 e. The van der Waals surface area contributed by atoms with Crippen LogP contribution in [0.4, 0.5) is 5.82 Å². The van der Waals surface area contributed by atoms with Gasteiger partial charge in [0.25, 0.3) is 0 Å². The molecule has 1 N–H and O–H groups in total. The number of nitrogens with zero attached hydrogens (tertiary/aromatic N) is 5. The summed E-state index contributed by atoms with van der Waals surface area (Å²) in [6, 6.07) is 0. The van der Waals surface area contributed by atoms with Crippen LogP contribution in [0, 0.1) is 13.8 Å². The number of hydrogen-bond donors (Lipinski definition) is 1. The van der Waals surface area contributed by atoms with Crippen LogP contribution in [-0.2, 0) is 10.3 Å². The molecule has 3 rings (SSSR count). The minimum Gasteiger partial charge on any atom is -0.479 e. The molecular formula is C15H19N5O2. The number of aliphatic carboxylic acids is 1. The topological polar surface area (TPSA) is 84.1 Å². The summed E-state index contributed by atoms with van der Waals surface area (Å²) in [5, 5.41) is 9.72. The Morgan fingerprint density at radius 3 is 2.64 bits per heavy atom. The zero-order valence-electron chi connectivity index (χ0n) is 12.7. The summed E-state index contributed by atoms with van der Waals surface area (Å²) in [7, 11) is 0. The van der Waals surface area contributed by atoms with E-state index in [1.54, 1.807) is 29.5 Å². The van der Waals surface area contributed by atoms with Crippen molar-refractivity contribution >= 4 is 11.8 Å². The van der Waals surface area contributed by atoms with E-state index in [1.807, 2.05) is 13.8 Å². The van der Waals surface area contributed by atoms with Gasteiger partial charge in [-0.05, 0) is 26.7 Å². The number of rotatable bonds is 3. The Morgan fingerprint density at radius 1 is 1.32 bits per heavy atom. The number of hydrogen-bond acceptors (Lipinski definition) is 5. The lowest BCUT2D eigenvalue weighted by atomic mass is 9.87. The van der Waals surface area contributed by atoms with Gasteiger partial charge >= 0.3 is 5.97 Å². The lowest BCUT2D eigenvalue weighted by Gasteiger charge is -2.40. The largest absolute Gasteiger partial charge is 0.479 e. The van der Waals surface area contributed by atoms with E-state index in [9.17, 15) is 9.90 Å². The summed E-state index contributed by atoms with van der Waals surface area (Å²) in [5.74, 6) is 0.0434. The summed E-state index contributed by atoms with van der Waals surface area (Å²) in [4.78, 5) is 26.8. The summed E-state index contributed by atoms with van der Waals surface area (Å²) < 4.78 is 1.71. The average Bonchev–Trinajstić information content (AvgIpc) is 3.04. The molecule has 3 heterocycles. The minimum absolute atomic E-state index is 0.508. The van der Waals surface area contributed by atoms with Crippen LogP contribution in [0.2, 0.25) is 0 Å². The third kappa shape index (κ3) is 2.32. The van der Waals surface area contributed by atoms with Gasteiger partial charge in [-0.1, -0.05) is 0 Å². The van der Waals surface area contributed by atoms with Crippen LogP contribution in [0.3, 0.4) is 0 Å². The standard InChI is InChI=1S/C15H19N5O2/c1-11-9-17-12(2)13(18-11)19-6-3-15(4-7-19,14(21)22)20-8-5-16-10-20/h5,8-10H,3-4,6-7H2,1-2H3,(H,21,22). The molecule has 0 spiro atoms. The molecule has 0 bridgehead atoms. The number of aryl methyl sites for hydroxylation is 2. The van der Waals surface area contributed by atoms with Gasteiger partial charge in [-0.2, -0.15) is 0 Å². The lowest BCUT2D eigenvalue weighted by molar-refractivity contribution is -0.148. The molecule has 22 heavy (non-hydrogen) atoms. The van der Waals surface area contributed by atoms with Crippen LogP contribution in [0.5, 0.6) is 0 Å². The molecular weight excluding hydrogens is 282 g/mol. The molecule has 7 heteroatoms. The predicted molar refractivity (Wildman–Crippen MR) is 80.8 cm³/mol. The monoisotopic (exact) mass is 301 g/mol. The van der Waals surface area contributed by atoms with Crippen molar-refractivity contribution < 1.29 is 9.90 Å². The van der Waals surface area contributed by atoms with E-state index in [4.69, 9.17) is 0 Å². The molecule has 0 radical (unpaired) electrons. The molecule has 0 amide bonds. The highest BCUT2D eigenvalue weighted by atomic mass is 16.4. The highest BCUT2D eigenvalue weighted by molar-refractivity contribution is 5.77. The second-order valence-corrected chi connectivity index (χ2v) is 5.71. The fraction of sp³-hybridized carbons (Fsp3) is 0.467. The highest BCUT2D eigenvalue weighted by Gasteiger charge is 2.43. The first-order valence-electron chi connectivity index (χ1n) is 7.30. The Morgan fingerprint density at radius 2 is 2.05 bits per heavy atom. The molecule has 2 aromatic rings. The quantitative estimate of drug-likeness (QED) is 0.921. The SMILES string of the molecule is Cc1cnc(C)c(N2CCC(C(=O)O)(n3ccnc3)CC2)n1. The van der Waals surface area contributed by atoms with Crippen LogP contribution in [0.25, 0.3) is 0 Å².